The van der Waals surface area contributed by atoms with Gasteiger partial charge < -0.3 is 5.32 Å². The van der Waals surface area contributed by atoms with Gasteiger partial charge in [-0.25, -0.2) is 0 Å². The lowest BCUT2D eigenvalue weighted by atomic mass is 10.2. The highest BCUT2D eigenvalue weighted by atomic mass is 35.5. The molecule has 1 unspecified atom stereocenters. The largest absolute Gasteiger partial charge is 0.318 e. The van der Waals surface area contributed by atoms with Gasteiger partial charge in [-0.2, -0.15) is 5.10 Å². The van der Waals surface area contributed by atoms with Crippen LogP contribution in [0.15, 0.2) is 0 Å². The lowest BCUT2D eigenvalue weighted by Gasteiger charge is -2.24. The van der Waals surface area contributed by atoms with Crippen LogP contribution >= 0.6 is 11.6 Å². The average Bonchev–Trinajstić information content (AvgIpc) is 2.81. The Hall–Kier alpha value is -0.580. The highest BCUT2D eigenvalue weighted by Crippen LogP contribution is 2.25. The van der Waals surface area contributed by atoms with Gasteiger partial charge in [0.25, 0.3) is 0 Å². The molecular weight excluding hydrogens is 236 g/mol. The van der Waals surface area contributed by atoms with E-state index < -0.39 is 0 Å². The van der Waals surface area contributed by atoms with Gasteiger partial charge in [0.1, 0.15) is 5.15 Å². The number of rotatable bonds is 4. The van der Waals surface area contributed by atoms with Crippen LogP contribution in [0.4, 0.5) is 0 Å². The minimum atomic E-state index is 0.635. The maximum Gasteiger partial charge on any atom is 0.131 e. The molecule has 17 heavy (non-hydrogen) atoms. The lowest BCUT2D eigenvalue weighted by Crippen LogP contribution is -2.36. The zero-order valence-electron chi connectivity index (χ0n) is 10.8. The van der Waals surface area contributed by atoms with Gasteiger partial charge in [0.15, 0.2) is 0 Å². The van der Waals surface area contributed by atoms with Crippen molar-refractivity contribution in [1.29, 1.82) is 0 Å². The predicted octanol–water partition coefficient (Wildman–Crippen LogP) is 1.57. The van der Waals surface area contributed by atoms with Gasteiger partial charge in [0, 0.05) is 31.7 Å². The van der Waals surface area contributed by atoms with Crippen LogP contribution in [-0.4, -0.2) is 40.9 Å². The van der Waals surface area contributed by atoms with Crippen molar-refractivity contribution in [2.45, 2.75) is 32.4 Å². The Kier molecular flexibility index (Phi) is 4.07. The zero-order valence-corrected chi connectivity index (χ0v) is 11.6. The molecule has 1 atom stereocenters. The number of aromatic nitrogens is 2. The number of likely N-dealkylation sites (tertiary alicyclic amines) is 1. The number of halogens is 1. The van der Waals surface area contributed by atoms with E-state index in [-0.39, 0.29) is 0 Å². The molecule has 1 aromatic heterocycles. The first-order valence-electron chi connectivity index (χ1n) is 6.20. The van der Waals surface area contributed by atoms with E-state index in [0.29, 0.717) is 6.04 Å². The molecule has 0 saturated carbocycles. The summed E-state index contributed by atoms with van der Waals surface area (Å²) in [6.07, 6.45) is 2.56. The number of aryl methyl sites for hydroxylation is 2. The summed E-state index contributed by atoms with van der Waals surface area (Å²) in [5.74, 6) is 0. The Balaban J connectivity index is 2.09. The number of nitrogens with one attached hydrogen (secondary N) is 1. The fourth-order valence-corrected chi connectivity index (χ4v) is 2.86. The maximum absolute atomic E-state index is 6.28. The SMILES string of the molecule is CNCC1CCCN1Cc1c(C)nn(C)c1Cl. The molecule has 0 aliphatic carbocycles. The molecule has 2 rings (SSSR count). The second kappa shape index (κ2) is 5.38. The molecular formula is C12H21ClN4. The normalized spacial score (nSPS) is 21.3. The highest BCUT2D eigenvalue weighted by Gasteiger charge is 2.25. The van der Waals surface area contributed by atoms with Crippen molar-refractivity contribution in [1.82, 2.24) is 20.0 Å². The van der Waals surface area contributed by atoms with Gasteiger partial charge >= 0.3 is 0 Å². The third-order valence-corrected chi connectivity index (χ3v) is 4.04. The van der Waals surface area contributed by atoms with Crippen molar-refractivity contribution in [3.63, 3.8) is 0 Å². The molecule has 2 heterocycles. The van der Waals surface area contributed by atoms with Gasteiger partial charge in [-0.15, -0.1) is 0 Å². The summed E-state index contributed by atoms with van der Waals surface area (Å²) in [4.78, 5) is 2.51. The van der Waals surface area contributed by atoms with Crippen LogP contribution in [0.3, 0.4) is 0 Å². The van der Waals surface area contributed by atoms with Crippen LogP contribution in [0.2, 0.25) is 5.15 Å². The Morgan fingerprint density at radius 2 is 2.29 bits per heavy atom. The molecule has 1 aromatic rings. The van der Waals surface area contributed by atoms with Crippen molar-refractivity contribution in [2.24, 2.45) is 7.05 Å². The molecule has 0 aromatic carbocycles. The van der Waals surface area contributed by atoms with E-state index in [9.17, 15) is 0 Å². The third-order valence-electron chi connectivity index (χ3n) is 3.57. The second-order valence-corrected chi connectivity index (χ2v) is 5.16. The Morgan fingerprint density at radius 1 is 1.53 bits per heavy atom. The first-order valence-corrected chi connectivity index (χ1v) is 6.58. The molecule has 1 N–H and O–H groups in total. The topological polar surface area (TPSA) is 33.1 Å². The van der Waals surface area contributed by atoms with Crippen molar-refractivity contribution in [3.05, 3.63) is 16.4 Å². The van der Waals surface area contributed by atoms with E-state index in [0.717, 1.165) is 30.5 Å². The summed E-state index contributed by atoms with van der Waals surface area (Å²) >= 11 is 6.28. The minimum absolute atomic E-state index is 0.635. The summed E-state index contributed by atoms with van der Waals surface area (Å²) in [6, 6.07) is 0.635. The van der Waals surface area contributed by atoms with E-state index in [1.54, 1.807) is 4.68 Å². The molecule has 1 aliphatic heterocycles. The van der Waals surface area contributed by atoms with Gasteiger partial charge in [-0.05, 0) is 33.4 Å². The summed E-state index contributed by atoms with van der Waals surface area (Å²) in [5.41, 5.74) is 2.23. The Bertz CT molecular complexity index is 388. The molecule has 0 radical (unpaired) electrons. The van der Waals surface area contributed by atoms with Crippen LogP contribution in [0.5, 0.6) is 0 Å². The number of hydrogen-bond acceptors (Lipinski definition) is 3. The van der Waals surface area contributed by atoms with Crippen molar-refractivity contribution in [3.8, 4) is 0 Å². The number of hydrogen-bond donors (Lipinski definition) is 1. The summed E-state index contributed by atoms with van der Waals surface area (Å²) in [7, 11) is 3.91. The number of likely N-dealkylation sites (N-methyl/N-ethyl adjacent to an activating group) is 1. The van der Waals surface area contributed by atoms with Gasteiger partial charge in [0.05, 0.1) is 5.69 Å². The van der Waals surface area contributed by atoms with E-state index in [2.05, 4.69) is 15.3 Å². The molecule has 96 valence electrons. The molecule has 0 bridgehead atoms. The molecule has 0 amide bonds. The standard InChI is InChI=1S/C12H21ClN4/c1-9-11(12(13)16(3)15-9)8-17-6-4-5-10(17)7-14-2/h10,14H,4-8H2,1-3H3. The second-order valence-electron chi connectivity index (χ2n) is 4.80. The fourth-order valence-electron chi connectivity index (χ4n) is 2.63. The van der Waals surface area contributed by atoms with Crippen molar-refractivity contribution >= 4 is 11.6 Å². The van der Waals surface area contributed by atoms with Crippen molar-refractivity contribution < 1.29 is 0 Å². The lowest BCUT2D eigenvalue weighted by molar-refractivity contribution is 0.242. The smallest absolute Gasteiger partial charge is 0.131 e. The first kappa shape index (κ1) is 12.9. The Labute approximate surface area is 108 Å². The molecule has 1 aliphatic rings. The highest BCUT2D eigenvalue weighted by molar-refractivity contribution is 6.30. The van der Waals surface area contributed by atoms with E-state index in [1.165, 1.54) is 18.4 Å². The Morgan fingerprint density at radius 3 is 2.88 bits per heavy atom. The minimum Gasteiger partial charge on any atom is -0.318 e. The first-order chi connectivity index (χ1) is 8.13. The fraction of sp³-hybridized carbons (Fsp3) is 0.750. The van der Waals surface area contributed by atoms with Gasteiger partial charge in [-0.3, -0.25) is 9.58 Å². The molecule has 4 nitrogen and oxygen atoms in total. The van der Waals surface area contributed by atoms with E-state index in [4.69, 9.17) is 11.6 Å². The zero-order chi connectivity index (χ0) is 12.4. The molecule has 5 heteroatoms. The van der Waals surface area contributed by atoms with Crippen LogP contribution in [0.25, 0.3) is 0 Å². The van der Waals surface area contributed by atoms with Crippen LogP contribution in [0, 0.1) is 6.92 Å². The maximum atomic E-state index is 6.28. The monoisotopic (exact) mass is 256 g/mol. The third kappa shape index (κ3) is 2.64. The quantitative estimate of drug-likeness (QED) is 0.888. The van der Waals surface area contributed by atoms with E-state index in [1.807, 2.05) is 21.0 Å². The van der Waals surface area contributed by atoms with Gasteiger partial charge in [-0.1, -0.05) is 11.6 Å². The van der Waals surface area contributed by atoms with Crippen molar-refractivity contribution in [2.75, 3.05) is 20.1 Å². The summed E-state index contributed by atoms with van der Waals surface area (Å²) in [5, 5.41) is 8.41. The average molecular weight is 257 g/mol. The van der Waals surface area contributed by atoms with Gasteiger partial charge in [0.2, 0.25) is 0 Å². The molecule has 1 saturated heterocycles. The number of nitrogens with zero attached hydrogens (tertiary/aromatic N) is 3. The summed E-state index contributed by atoms with van der Waals surface area (Å²) < 4.78 is 1.76. The van der Waals surface area contributed by atoms with Crippen LogP contribution in [-0.2, 0) is 13.6 Å². The predicted molar refractivity (Wildman–Crippen MR) is 70.3 cm³/mol. The van der Waals surface area contributed by atoms with Crippen LogP contribution in [0.1, 0.15) is 24.1 Å². The molecule has 0 spiro atoms. The molecule has 1 fully saturated rings. The van der Waals surface area contributed by atoms with E-state index >= 15 is 0 Å². The van der Waals surface area contributed by atoms with Crippen LogP contribution < -0.4 is 5.32 Å². The summed E-state index contributed by atoms with van der Waals surface area (Å²) in [6.45, 7) is 5.17.